The van der Waals surface area contributed by atoms with Gasteiger partial charge in [-0.2, -0.15) is 0 Å². The minimum Gasteiger partial charge on any atom is -0.457 e. The van der Waals surface area contributed by atoms with Crippen molar-refractivity contribution in [2.75, 3.05) is 23.3 Å². The number of nitrogens with one attached hydrogen (secondary N) is 2. The van der Waals surface area contributed by atoms with Gasteiger partial charge in [-0.1, -0.05) is 42.3 Å². The summed E-state index contributed by atoms with van der Waals surface area (Å²) in [4.78, 5) is 14.7. The topological polar surface area (TPSA) is 57.5 Å². The third-order valence-electron chi connectivity index (χ3n) is 5.69. The normalized spacial score (nSPS) is 14.4. The molecule has 0 unspecified atom stereocenters. The highest BCUT2D eigenvalue weighted by Gasteiger charge is 2.18. The van der Waals surface area contributed by atoms with Crippen molar-refractivity contribution in [3.8, 4) is 11.3 Å². The molecule has 0 saturated carbocycles. The van der Waals surface area contributed by atoms with Gasteiger partial charge in [0.05, 0.1) is 11.4 Å². The van der Waals surface area contributed by atoms with Crippen LogP contribution in [0, 0.1) is 5.92 Å². The molecule has 5 nitrogen and oxygen atoms in total. The fourth-order valence-corrected chi connectivity index (χ4v) is 4.60. The Kier molecular flexibility index (Phi) is 7.93. The minimum absolute atomic E-state index is 0.237. The smallest absolute Gasteiger partial charge is 0.250 e. The first kappa shape index (κ1) is 24.3. The van der Waals surface area contributed by atoms with E-state index in [-0.39, 0.29) is 11.0 Å². The number of furan rings is 1. The van der Waals surface area contributed by atoms with Crippen LogP contribution in [0.2, 0.25) is 10.0 Å². The van der Waals surface area contributed by atoms with E-state index in [4.69, 9.17) is 39.8 Å². The molecule has 1 aliphatic rings. The number of rotatable bonds is 5. The number of benzene rings is 2. The van der Waals surface area contributed by atoms with Crippen molar-refractivity contribution in [3.05, 3.63) is 76.5 Å². The van der Waals surface area contributed by atoms with Gasteiger partial charge in [0.1, 0.15) is 11.5 Å². The van der Waals surface area contributed by atoms with Crippen LogP contribution in [0.5, 0.6) is 0 Å². The van der Waals surface area contributed by atoms with Gasteiger partial charge in [-0.05, 0) is 79.5 Å². The fraction of sp³-hybridized carbons (Fsp3) is 0.231. The van der Waals surface area contributed by atoms with Gasteiger partial charge in [-0.3, -0.25) is 10.1 Å². The van der Waals surface area contributed by atoms with Crippen molar-refractivity contribution in [2.24, 2.45) is 5.92 Å². The Labute approximate surface area is 214 Å². The van der Waals surface area contributed by atoms with E-state index in [1.54, 1.807) is 36.4 Å². The van der Waals surface area contributed by atoms with E-state index < -0.39 is 0 Å². The molecule has 3 aromatic rings. The van der Waals surface area contributed by atoms with Crippen LogP contribution in [0.1, 0.15) is 25.5 Å². The molecule has 0 radical (unpaired) electrons. The molecule has 1 saturated heterocycles. The van der Waals surface area contributed by atoms with Crippen LogP contribution in [0.4, 0.5) is 11.4 Å². The Balaban J connectivity index is 1.35. The van der Waals surface area contributed by atoms with Crippen molar-refractivity contribution in [1.82, 2.24) is 5.32 Å². The van der Waals surface area contributed by atoms with Gasteiger partial charge in [0.2, 0.25) is 5.91 Å². The zero-order valence-electron chi connectivity index (χ0n) is 18.7. The van der Waals surface area contributed by atoms with Crippen LogP contribution in [0.25, 0.3) is 17.4 Å². The van der Waals surface area contributed by atoms with Gasteiger partial charge in [-0.15, -0.1) is 0 Å². The number of anilines is 2. The summed E-state index contributed by atoms with van der Waals surface area (Å²) in [7, 11) is 0. The Hall–Kier alpha value is -2.80. The zero-order valence-corrected chi connectivity index (χ0v) is 21.0. The van der Waals surface area contributed by atoms with Gasteiger partial charge >= 0.3 is 0 Å². The van der Waals surface area contributed by atoms with E-state index in [1.807, 2.05) is 18.2 Å². The molecule has 0 spiro atoms. The van der Waals surface area contributed by atoms with Gasteiger partial charge in [0.25, 0.3) is 0 Å². The molecule has 0 atom stereocenters. The van der Waals surface area contributed by atoms with Crippen LogP contribution < -0.4 is 15.5 Å². The number of piperidine rings is 1. The van der Waals surface area contributed by atoms with Crippen molar-refractivity contribution < 1.29 is 9.21 Å². The summed E-state index contributed by atoms with van der Waals surface area (Å²) in [5.41, 5.74) is 2.72. The lowest BCUT2D eigenvalue weighted by atomic mass is 9.98. The maximum Gasteiger partial charge on any atom is 0.250 e. The third-order valence-corrected chi connectivity index (χ3v) is 6.33. The summed E-state index contributed by atoms with van der Waals surface area (Å²) in [5.74, 6) is 1.51. The number of amides is 1. The summed E-state index contributed by atoms with van der Waals surface area (Å²) < 4.78 is 5.78. The monoisotopic (exact) mass is 513 g/mol. The number of hydrogen-bond donors (Lipinski definition) is 2. The second-order valence-corrected chi connectivity index (χ2v) is 9.60. The average molecular weight is 514 g/mol. The maximum atomic E-state index is 12.4. The van der Waals surface area contributed by atoms with Crippen molar-refractivity contribution in [3.63, 3.8) is 0 Å². The first-order chi connectivity index (χ1) is 16.4. The van der Waals surface area contributed by atoms with Crippen LogP contribution in [-0.4, -0.2) is 24.1 Å². The van der Waals surface area contributed by atoms with Crippen LogP contribution >= 0.6 is 35.4 Å². The Bertz CT molecular complexity index is 1200. The Morgan fingerprint density at radius 2 is 1.79 bits per heavy atom. The van der Waals surface area contributed by atoms with Crippen LogP contribution in [-0.2, 0) is 4.79 Å². The van der Waals surface area contributed by atoms with Crippen molar-refractivity contribution in [1.29, 1.82) is 0 Å². The van der Waals surface area contributed by atoms with Gasteiger partial charge in [0, 0.05) is 34.8 Å². The molecule has 1 fully saturated rings. The van der Waals surface area contributed by atoms with E-state index in [0.717, 1.165) is 35.9 Å². The van der Waals surface area contributed by atoms with E-state index in [9.17, 15) is 4.79 Å². The van der Waals surface area contributed by atoms with Crippen LogP contribution in [0.15, 0.2) is 65.1 Å². The number of para-hydroxylation sites is 2. The van der Waals surface area contributed by atoms with Crippen LogP contribution in [0.3, 0.4) is 0 Å². The second-order valence-electron chi connectivity index (χ2n) is 8.32. The standard InChI is InChI=1S/C26H25Cl2N3O2S/c1-17-10-12-31(13-11-17)23-5-3-2-4-22(23)29-26(34)30-25(32)9-7-21-6-8-24(33-21)18-14-19(27)16-20(28)15-18/h2-9,14-17H,10-13H2,1H3,(H2,29,30,32,34)/b9-7+. The molecule has 0 aliphatic carbocycles. The third kappa shape index (κ3) is 6.41. The first-order valence-electron chi connectivity index (χ1n) is 11.1. The quantitative estimate of drug-likeness (QED) is 0.283. The molecule has 2 N–H and O–H groups in total. The maximum absolute atomic E-state index is 12.4. The number of nitrogens with zero attached hydrogens (tertiary/aromatic N) is 1. The molecular weight excluding hydrogens is 489 g/mol. The van der Waals surface area contributed by atoms with Crippen molar-refractivity contribution in [2.45, 2.75) is 19.8 Å². The summed E-state index contributed by atoms with van der Waals surface area (Å²) in [6, 6.07) is 16.7. The summed E-state index contributed by atoms with van der Waals surface area (Å²) in [6.45, 7) is 4.30. The highest BCUT2D eigenvalue weighted by molar-refractivity contribution is 7.80. The molecule has 34 heavy (non-hydrogen) atoms. The molecule has 1 aliphatic heterocycles. The predicted octanol–water partition coefficient (Wildman–Crippen LogP) is 7.02. The van der Waals surface area contributed by atoms with Gasteiger partial charge in [-0.25, -0.2) is 0 Å². The lowest BCUT2D eigenvalue weighted by molar-refractivity contribution is -0.115. The fourth-order valence-electron chi connectivity index (χ4n) is 3.86. The average Bonchev–Trinajstić information content (AvgIpc) is 3.27. The highest BCUT2D eigenvalue weighted by atomic mass is 35.5. The first-order valence-corrected chi connectivity index (χ1v) is 12.2. The summed E-state index contributed by atoms with van der Waals surface area (Å²) in [5, 5.41) is 7.13. The molecular formula is C26H25Cl2N3O2S. The second kappa shape index (κ2) is 11.1. The molecule has 1 amide bonds. The number of thiocarbonyl (C=S) groups is 1. The van der Waals surface area contributed by atoms with E-state index in [0.29, 0.717) is 21.6 Å². The zero-order chi connectivity index (χ0) is 24.1. The molecule has 4 rings (SSSR count). The Morgan fingerprint density at radius 3 is 2.53 bits per heavy atom. The van der Waals surface area contributed by atoms with E-state index >= 15 is 0 Å². The summed E-state index contributed by atoms with van der Waals surface area (Å²) in [6.07, 6.45) is 5.29. The lowest BCUT2D eigenvalue weighted by Crippen LogP contribution is -2.35. The Morgan fingerprint density at radius 1 is 1.09 bits per heavy atom. The minimum atomic E-state index is -0.356. The van der Waals surface area contributed by atoms with E-state index in [1.165, 1.54) is 18.9 Å². The number of carbonyl (C=O) groups excluding carboxylic acids is 1. The molecule has 2 aromatic carbocycles. The van der Waals surface area contributed by atoms with E-state index in [2.05, 4.69) is 28.5 Å². The number of carbonyl (C=O) groups is 1. The predicted molar refractivity (Wildman–Crippen MR) is 145 cm³/mol. The number of hydrogen-bond acceptors (Lipinski definition) is 4. The van der Waals surface area contributed by atoms with Gasteiger partial charge < -0.3 is 14.6 Å². The largest absolute Gasteiger partial charge is 0.457 e. The van der Waals surface area contributed by atoms with Gasteiger partial charge in [0.15, 0.2) is 5.11 Å². The van der Waals surface area contributed by atoms with Crippen molar-refractivity contribution >= 4 is 63.9 Å². The molecule has 1 aromatic heterocycles. The highest BCUT2D eigenvalue weighted by Crippen LogP contribution is 2.30. The molecule has 8 heteroatoms. The molecule has 176 valence electrons. The lowest BCUT2D eigenvalue weighted by Gasteiger charge is -2.33. The molecule has 2 heterocycles. The number of halogens is 2. The summed E-state index contributed by atoms with van der Waals surface area (Å²) >= 11 is 17.5. The SMILES string of the molecule is CC1CCN(c2ccccc2NC(=S)NC(=O)/C=C/c2ccc(-c3cc(Cl)cc(Cl)c3)o2)CC1. The molecule has 0 bridgehead atoms.